The van der Waals surface area contributed by atoms with E-state index >= 15 is 0 Å². The number of thioether (sulfide) groups is 1. The second-order valence-corrected chi connectivity index (χ2v) is 5.58. The summed E-state index contributed by atoms with van der Waals surface area (Å²) in [6.45, 7) is 3.91. The van der Waals surface area contributed by atoms with E-state index in [0.717, 1.165) is 21.6 Å². The van der Waals surface area contributed by atoms with Crippen LogP contribution in [-0.2, 0) is 5.75 Å². The number of aromatic nitrogens is 3. The molecule has 2 heterocycles. The zero-order valence-electron chi connectivity index (χ0n) is 9.60. The van der Waals surface area contributed by atoms with Gasteiger partial charge < -0.3 is 5.43 Å². The maximum atomic E-state index is 5.34. The minimum Gasteiger partial charge on any atom is -0.308 e. The van der Waals surface area contributed by atoms with E-state index in [9.17, 15) is 0 Å². The molecular formula is C10H13N5S2. The number of hydrogen-bond donors (Lipinski definition) is 2. The first-order chi connectivity index (χ1) is 8.17. The molecule has 0 fully saturated rings. The number of hydrogen-bond acceptors (Lipinski definition) is 7. The van der Waals surface area contributed by atoms with Crippen LogP contribution in [0.3, 0.4) is 0 Å². The number of aryl methyl sites for hydroxylation is 2. The summed E-state index contributed by atoms with van der Waals surface area (Å²) in [5.41, 5.74) is 4.49. The van der Waals surface area contributed by atoms with Crippen LogP contribution in [-0.4, -0.2) is 15.0 Å². The molecule has 0 unspecified atom stereocenters. The number of thiazole rings is 1. The molecule has 5 nitrogen and oxygen atoms in total. The van der Waals surface area contributed by atoms with Gasteiger partial charge in [-0.15, -0.1) is 11.3 Å². The Morgan fingerprint density at radius 3 is 2.76 bits per heavy atom. The third kappa shape index (κ3) is 3.39. The predicted molar refractivity (Wildman–Crippen MR) is 71.0 cm³/mol. The SMILES string of the molecule is Cc1cc(NN)nc(CSc2nc(C)cs2)n1. The lowest BCUT2D eigenvalue weighted by Gasteiger charge is -2.03. The lowest BCUT2D eigenvalue weighted by Crippen LogP contribution is -2.10. The molecule has 90 valence electrons. The molecule has 3 N–H and O–H groups in total. The standard InChI is InChI=1S/C10H13N5S2/c1-6-3-8(15-11)14-9(12-6)5-17-10-13-7(2)4-16-10/h3-4H,5,11H2,1-2H3,(H,12,14,15). The first-order valence-corrected chi connectivity index (χ1v) is 6.90. The van der Waals surface area contributed by atoms with Gasteiger partial charge in [-0.2, -0.15) is 0 Å². The average molecular weight is 267 g/mol. The van der Waals surface area contributed by atoms with Crippen molar-refractivity contribution in [3.63, 3.8) is 0 Å². The minimum absolute atomic E-state index is 0.642. The van der Waals surface area contributed by atoms with Crippen molar-refractivity contribution < 1.29 is 0 Å². The molecule has 0 bridgehead atoms. The van der Waals surface area contributed by atoms with Crippen molar-refractivity contribution in [2.24, 2.45) is 5.84 Å². The molecule has 2 rings (SSSR count). The third-order valence-electron chi connectivity index (χ3n) is 1.97. The summed E-state index contributed by atoms with van der Waals surface area (Å²) < 4.78 is 1.04. The van der Waals surface area contributed by atoms with E-state index in [0.29, 0.717) is 11.6 Å². The van der Waals surface area contributed by atoms with Gasteiger partial charge in [-0.3, -0.25) is 0 Å². The lowest BCUT2D eigenvalue weighted by molar-refractivity contribution is 0.989. The minimum atomic E-state index is 0.642. The molecule has 0 aliphatic carbocycles. The van der Waals surface area contributed by atoms with Gasteiger partial charge in [-0.05, 0) is 13.8 Å². The fraction of sp³-hybridized carbons (Fsp3) is 0.300. The maximum absolute atomic E-state index is 5.34. The average Bonchev–Trinajstić information content (AvgIpc) is 2.72. The van der Waals surface area contributed by atoms with E-state index in [4.69, 9.17) is 5.84 Å². The number of nitrogens with one attached hydrogen (secondary N) is 1. The smallest absolute Gasteiger partial charge is 0.150 e. The van der Waals surface area contributed by atoms with Gasteiger partial charge >= 0.3 is 0 Å². The summed E-state index contributed by atoms with van der Waals surface area (Å²) in [5, 5.41) is 2.03. The topological polar surface area (TPSA) is 76.7 Å². The fourth-order valence-corrected chi connectivity index (χ4v) is 3.00. The van der Waals surface area contributed by atoms with E-state index in [-0.39, 0.29) is 0 Å². The normalized spacial score (nSPS) is 10.5. The maximum Gasteiger partial charge on any atom is 0.150 e. The highest BCUT2D eigenvalue weighted by Gasteiger charge is 2.04. The zero-order valence-corrected chi connectivity index (χ0v) is 11.2. The quantitative estimate of drug-likeness (QED) is 0.502. The van der Waals surface area contributed by atoms with Crippen molar-refractivity contribution in [3.05, 3.63) is 28.7 Å². The monoisotopic (exact) mass is 267 g/mol. The summed E-state index contributed by atoms with van der Waals surface area (Å²) in [7, 11) is 0. The van der Waals surface area contributed by atoms with Gasteiger partial charge in [0.25, 0.3) is 0 Å². The van der Waals surface area contributed by atoms with Gasteiger partial charge in [0.2, 0.25) is 0 Å². The Hall–Kier alpha value is -1.18. The molecule has 0 radical (unpaired) electrons. The van der Waals surface area contributed by atoms with Crippen LogP contribution in [0.15, 0.2) is 15.8 Å². The molecule has 0 amide bonds. The van der Waals surface area contributed by atoms with Crippen molar-refractivity contribution in [2.75, 3.05) is 5.43 Å². The summed E-state index contributed by atoms with van der Waals surface area (Å²) in [6.07, 6.45) is 0. The van der Waals surface area contributed by atoms with Gasteiger partial charge in [-0.25, -0.2) is 20.8 Å². The van der Waals surface area contributed by atoms with Gasteiger partial charge in [0.15, 0.2) is 4.34 Å². The third-order valence-corrected chi connectivity index (χ3v) is 4.11. The first kappa shape index (κ1) is 12.3. The first-order valence-electron chi connectivity index (χ1n) is 5.03. The van der Waals surface area contributed by atoms with Crippen molar-refractivity contribution in [1.29, 1.82) is 0 Å². The zero-order chi connectivity index (χ0) is 12.3. The van der Waals surface area contributed by atoms with E-state index < -0.39 is 0 Å². The molecule has 0 spiro atoms. The highest BCUT2D eigenvalue weighted by atomic mass is 32.2. The highest BCUT2D eigenvalue weighted by Crippen LogP contribution is 2.25. The Bertz CT molecular complexity index is 511. The number of nitrogens with two attached hydrogens (primary N) is 1. The van der Waals surface area contributed by atoms with Crippen molar-refractivity contribution in [2.45, 2.75) is 23.9 Å². The molecular weight excluding hydrogens is 254 g/mol. The summed E-state index contributed by atoms with van der Waals surface area (Å²) >= 11 is 3.27. The van der Waals surface area contributed by atoms with Gasteiger partial charge in [0, 0.05) is 22.8 Å². The van der Waals surface area contributed by atoms with Crippen LogP contribution in [0, 0.1) is 13.8 Å². The van der Waals surface area contributed by atoms with E-state index in [1.165, 1.54) is 0 Å². The van der Waals surface area contributed by atoms with Crippen molar-refractivity contribution >= 4 is 28.9 Å². The second-order valence-electron chi connectivity index (χ2n) is 3.50. The Kier molecular flexibility index (Phi) is 3.93. The largest absolute Gasteiger partial charge is 0.308 e. The van der Waals surface area contributed by atoms with Crippen molar-refractivity contribution in [1.82, 2.24) is 15.0 Å². The van der Waals surface area contributed by atoms with E-state index in [2.05, 4.69) is 20.4 Å². The molecule has 7 heteroatoms. The number of rotatable bonds is 4. The molecule has 0 aliphatic rings. The van der Waals surface area contributed by atoms with Gasteiger partial charge in [0.05, 0.1) is 5.75 Å². The van der Waals surface area contributed by atoms with Crippen LogP contribution in [0.2, 0.25) is 0 Å². The number of nitrogen functional groups attached to an aromatic ring is 1. The summed E-state index contributed by atoms with van der Waals surface area (Å²) in [6, 6.07) is 1.81. The second kappa shape index (κ2) is 5.44. The molecule has 0 saturated carbocycles. The number of nitrogens with zero attached hydrogens (tertiary/aromatic N) is 3. The lowest BCUT2D eigenvalue weighted by atomic mass is 10.4. The van der Waals surface area contributed by atoms with Gasteiger partial charge in [0.1, 0.15) is 11.6 Å². The van der Waals surface area contributed by atoms with Crippen LogP contribution in [0.5, 0.6) is 0 Å². The van der Waals surface area contributed by atoms with Crippen LogP contribution >= 0.6 is 23.1 Å². The van der Waals surface area contributed by atoms with Crippen LogP contribution in [0.25, 0.3) is 0 Å². The van der Waals surface area contributed by atoms with E-state index in [1.54, 1.807) is 23.1 Å². The highest BCUT2D eigenvalue weighted by molar-refractivity contribution is 8.00. The Labute approximate surface area is 108 Å². The van der Waals surface area contributed by atoms with Gasteiger partial charge in [-0.1, -0.05) is 11.8 Å². The molecule has 0 saturated heterocycles. The molecule has 0 aromatic carbocycles. The van der Waals surface area contributed by atoms with Crippen molar-refractivity contribution in [3.8, 4) is 0 Å². The Morgan fingerprint density at radius 2 is 2.12 bits per heavy atom. The number of hydrazine groups is 1. The summed E-state index contributed by atoms with van der Waals surface area (Å²) in [5.74, 6) is 7.44. The molecule has 2 aromatic heterocycles. The summed E-state index contributed by atoms with van der Waals surface area (Å²) in [4.78, 5) is 13.0. The van der Waals surface area contributed by atoms with Crippen LogP contribution in [0.1, 0.15) is 17.2 Å². The molecule has 0 atom stereocenters. The Morgan fingerprint density at radius 1 is 1.29 bits per heavy atom. The van der Waals surface area contributed by atoms with Crippen LogP contribution < -0.4 is 11.3 Å². The Balaban J connectivity index is 2.05. The predicted octanol–water partition coefficient (Wildman–Crippen LogP) is 2.13. The molecule has 17 heavy (non-hydrogen) atoms. The van der Waals surface area contributed by atoms with E-state index in [1.807, 2.05) is 25.3 Å². The molecule has 2 aromatic rings. The molecule has 0 aliphatic heterocycles. The fourth-order valence-electron chi connectivity index (χ4n) is 1.29. The van der Waals surface area contributed by atoms with Crippen LogP contribution in [0.4, 0.5) is 5.82 Å². The number of anilines is 1.